The van der Waals surface area contributed by atoms with Crippen molar-refractivity contribution < 1.29 is 0 Å². The Morgan fingerprint density at radius 3 is 2.33 bits per heavy atom. The largest absolute Gasteiger partial charge is 0.128 e. The molecule has 0 bridgehead atoms. The van der Waals surface area contributed by atoms with Crippen LogP contribution in [-0.4, -0.2) is 0 Å². The lowest BCUT2D eigenvalue weighted by Gasteiger charge is -1.72. The third-order valence-corrected chi connectivity index (χ3v) is 0.348. The summed E-state index contributed by atoms with van der Waals surface area (Å²) in [6.07, 6.45) is 1.74. The van der Waals surface area contributed by atoms with Gasteiger partial charge in [-0.3, -0.25) is 0 Å². The Labute approximate surface area is 38.5 Å². The van der Waals surface area contributed by atoms with Gasteiger partial charge in [-0.15, -0.1) is 5.73 Å². The zero-order chi connectivity index (χ0) is 4.99. The smallest absolute Gasteiger partial charge is 0.0183 e. The van der Waals surface area contributed by atoms with Crippen LogP contribution >= 0.6 is 0 Å². The van der Waals surface area contributed by atoms with Gasteiger partial charge >= 0.3 is 0 Å². The van der Waals surface area contributed by atoms with Crippen LogP contribution in [0.5, 0.6) is 0 Å². The van der Waals surface area contributed by atoms with Crippen molar-refractivity contribution in [2.45, 2.75) is 6.92 Å². The van der Waals surface area contributed by atoms with Gasteiger partial charge in [0, 0.05) is 0 Å². The van der Waals surface area contributed by atoms with Crippen LogP contribution in [0.4, 0.5) is 0 Å². The highest BCUT2D eigenvalue weighted by Crippen LogP contribution is 1.82. The standard InChI is InChI=1S/C6H8/c1-4-5-6(2)3/h5H,1-2H2,3H3. The van der Waals surface area contributed by atoms with Crippen molar-refractivity contribution in [1.82, 2.24) is 0 Å². The summed E-state index contributed by atoms with van der Waals surface area (Å²) in [6.45, 7) is 8.85. The quantitative estimate of drug-likeness (QED) is 0.333. The summed E-state index contributed by atoms with van der Waals surface area (Å²) in [6, 6.07) is 0. The van der Waals surface area contributed by atoms with E-state index in [1.165, 1.54) is 0 Å². The molecule has 0 spiro atoms. The van der Waals surface area contributed by atoms with Crippen LogP contribution < -0.4 is 0 Å². The highest BCUT2D eigenvalue weighted by molar-refractivity contribution is 5.08. The first-order valence-corrected chi connectivity index (χ1v) is 1.78. The van der Waals surface area contributed by atoms with E-state index >= 15 is 0 Å². The average Bonchev–Trinajstić information content (AvgIpc) is 1.35. The Balaban J connectivity index is 3.60. The van der Waals surface area contributed by atoms with Gasteiger partial charge in [0.15, 0.2) is 0 Å². The van der Waals surface area contributed by atoms with Gasteiger partial charge in [-0.25, -0.2) is 0 Å². The maximum atomic E-state index is 3.59. The van der Waals surface area contributed by atoms with Gasteiger partial charge in [-0.1, -0.05) is 18.7 Å². The first kappa shape index (κ1) is 5.26. The second kappa shape index (κ2) is 2.49. The maximum Gasteiger partial charge on any atom is -0.0183 e. The molecule has 0 saturated carbocycles. The molecule has 0 radical (unpaired) electrons. The molecule has 0 nitrogen and oxygen atoms in total. The molecule has 0 amide bonds. The molecule has 0 aromatic rings. The first-order chi connectivity index (χ1) is 2.77. The monoisotopic (exact) mass is 80.1 g/mol. The molecule has 0 aromatic carbocycles. The lowest BCUT2D eigenvalue weighted by molar-refractivity contribution is 1.57. The van der Waals surface area contributed by atoms with Crippen LogP contribution in [0, 0.1) is 0 Å². The van der Waals surface area contributed by atoms with Gasteiger partial charge in [0.25, 0.3) is 0 Å². The molecule has 0 aliphatic rings. The van der Waals surface area contributed by atoms with Crippen molar-refractivity contribution in [3.8, 4) is 0 Å². The lowest BCUT2D eigenvalue weighted by atomic mass is 10.3. The van der Waals surface area contributed by atoms with E-state index in [1.54, 1.807) is 6.08 Å². The van der Waals surface area contributed by atoms with Crippen molar-refractivity contribution in [2.75, 3.05) is 0 Å². The van der Waals surface area contributed by atoms with Crippen LogP contribution in [0.25, 0.3) is 0 Å². The average molecular weight is 80.1 g/mol. The van der Waals surface area contributed by atoms with Gasteiger partial charge in [0.05, 0.1) is 0 Å². The second-order valence-electron chi connectivity index (χ2n) is 1.19. The maximum absolute atomic E-state index is 3.59. The highest BCUT2D eigenvalue weighted by atomic mass is 13.7. The van der Waals surface area contributed by atoms with E-state index in [2.05, 4.69) is 18.9 Å². The fourth-order valence-electron chi connectivity index (χ4n) is 0.174. The van der Waals surface area contributed by atoms with Crippen LogP contribution in [-0.2, 0) is 0 Å². The molecule has 0 heterocycles. The van der Waals surface area contributed by atoms with E-state index in [9.17, 15) is 0 Å². The Hall–Kier alpha value is -0.740. The third kappa shape index (κ3) is 3.26. The zero-order valence-corrected chi connectivity index (χ0v) is 3.99. The van der Waals surface area contributed by atoms with Crippen LogP contribution in [0.15, 0.2) is 30.5 Å². The minimum Gasteiger partial charge on any atom is -0.128 e. The van der Waals surface area contributed by atoms with Crippen molar-refractivity contribution in [3.05, 3.63) is 30.5 Å². The van der Waals surface area contributed by atoms with Crippen molar-refractivity contribution in [3.63, 3.8) is 0 Å². The Bertz CT molecular complexity index is 92.6. The Kier molecular flexibility index (Phi) is 2.19. The van der Waals surface area contributed by atoms with E-state index in [1.807, 2.05) is 6.92 Å². The molecule has 0 fully saturated rings. The highest BCUT2D eigenvalue weighted by Gasteiger charge is 1.62. The minimum absolute atomic E-state index is 0.991. The molecule has 0 atom stereocenters. The molecule has 0 saturated heterocycles. The van der Waals surface area contributed by atoms with E-state index in [0.29, 0.717) is 0 Å². The SMILES string of the molecule is C=C=CC(=C)C. The minimum atomic E-state index is 0.991. The van der Waals surface area contributed by atoms with Crippen LogP contribution in [0.3, 0.4) is 0 Å². The summed E-state index contributed by atoms with van der Waals surface area (Å²) in [5.74, 6) is 0. The van der Waals surface area contributed by atoms with Crippen molar-refractivity contribution >= 4 is 0 Å². The molecule has 6 heavy (non-hydrogen) atoms. The fraction of sp³-hybridized carbons (Fsp3) is 0.167. The summed E-state index contributed by atoms with van der Waals surface area (Å²) in [4.78, 5) is 0. The summed E-state index contributed by atoms with van der Waals surface area (Å²) < 4.78 is 0. The zero-order valence-electron chi connectivity index (χ0n) is 3.99. The molecular weight excluding hydrogens is 72.1 g/mol. The van der Waals surface area contributed by atoms with Gasteiger partial charge in [-0.05, 0) is 13.0 Å². The summed E-state index contributed by atoms with van der Waals surface area (Å²) in [7, 11) is 0. The Morgan fingerprint density at radius 1 is 1.83 bits per heavy atom. The summed E-state index contributed by atoms with van der Waals surface area (Å²) >= 11 is 0. The molecule has 0 heteroatoms. The normalized spacial score (nSPS) is 6.17. The molecule has 0 rings (SSSR count). The van der Waals surface area contributed by atoms with Crippen LogP contribution in [0.1, 0.15) is 6.92 Å². The van der Waals surface area contributed by atoms with E-state index in [0.717, 1.165) is 5.57 Å². The molecule has 32 valence electrons. The van der Waals surface area contributed by atoms with Gasteiger partial charge in [0.2, 0.25) is 0 Å². The van der Waals surface area contributed by atoms with Crippen molar-refractivity contribution in [1.29, 1.82) is 0 Å². The van der Waals surface area contributed by atoms with E-state index in [4.69, 9.17) is 0 Å². The van der Waals surface area contributed by atoms with Gasteiger partial charge in [0.1, 0.15) is 0 Å². The Morgan fingerprint density at radius 2 is 2.33 bits per heavy atom. The summed E-state index contributed by atoms with van der Waals surface area (Å²) in [5.41, 5.74) is 3.58. The molecule has 0 aromatic heterocycles. The molecular formula is C6H8. The first-order valence-electron chi connectivity index (χ1n) is 1.78. The van der Waals surface area contributed by atoms with E-state index < -0.39 is 0 Å². The second-order valence-corrected chi connectivity index (χ2v) is 1.19. The number of rotatable bonds is 1. The summed E-state index contributed by atoms with van der Waals surface area (Å²) in [5, 5.41) is 0. The number of hydrogen-bond acceptors (Lipinski definition) is 0. The third-order valence-electron chi connectivity index (χ3n) is 0.348. The molecule has 0 N–H and O–H groups in total. The molecule has 0 aliphatic heterocycles. The fourth-order valence-corrected chi connectivity index (χ4v) is 0.174. The van der Waals surface area contributed by atoms with Gasteiger partial charge in [-0.2, -0.15) is 0 Å². The predicted molar refractivity (Wildman–Crippen MR) is 28.5 cm³/mol. The topological polar surface area (TPSA) is 0 Å². The molecule has 0 aliphatic carbocycles. The van der Waals surface area contributed by atoms with Gasteiger partial charge < -0.3 is 0 Å². The number of hydrogen-bond donors (Lipinski definition) is 0. The van der Waals surface area contributed by atoms with Crippen molar-refractivity contribution in [2.24, 2.45) is 0 Å². The predicted octanol–water partition coefficient (Wildman–Crippen LogP) is 1.90. The number of allylic oxidation sites excluding steroid dienone is 2. The van der Waals surface area contributed by atoms with E-state index in [-0.39, 0.29) is 0 Å². The lowest BCUT2D eigenvalue weighted by Crippen LogP contribution is -1.51. The molecule has 0 unspecified atom stereocenters. The van der Waals surface area contributed by atoms with Crippen LogP contribution in [0.2, 0.25) is 0 Å².